The van der Waals surface area contributed by atoms with Crippen LogP contribution in [-0.4, -0.2) is 30.3 Å². The molecule has 1 saturated heterocycles. The molecular formula is C17H22N2O. The van der Waals surface area contributed by atoms with Crippen molar-refractivity contribution in [3.8, 4) is 0 Å². The van der Waals surface area contributed by atoms with E-state index in [0.29, 0.717) is 0 Å². The topological polar surface area (TPSA) is 25.4 Å². The van der Waals surface area contributed by atoms with E-state index in [1.54, 1.807) is 0 Å². The van der Waals surface area contributed by atoms with E-state index in [1.807, 2.05) is 0 Å². The van der Waals surface area contributed by atoms with E-state index in [0.717, 1.165) is 24.4 Å². The lowest BCUT2D eigenvalue weighted by Crippen LogP contribution is -2.46. The van der Waals surface area contributed by atoms with Crippen molar-refractivity contribution in [2.45, 2.75) is 39.9 Å². The van der Waals surface area contributed by atoms with Gasteiger partial charge in [0.25, 0.3) is 0 Å². The van der Waals surface area contributed by atoms with Crippen molar-refractivity contribution in [1.82, 2.24) is 4.98 Å². The maximum atomic E-state index is 5.81. The molecule has 0 saturated carbocycles. The van der Waals surface area contributed by atoms with Crippen LogP contribution in [0.4, 0.5) is 5.82 Å². The molecule has 106 valence electrons. The standard InChI is InChI=1S/C17H22N2O/c1-11-5-6-15-8-12(2)17(18-16(15)7-11)19-9-13(3)20-14(4)10-19/h5-8,13-14H,9-10H2,1-4H3/t13-,14-/m1/s1. The fraction of sp³-hybridized carbons (Fsp3) is 0.471. The first-order chi connectivity index (χ1) is 9.52. The molecule has 0 N–H and O–H groups in total. The number of nitrogens with zero attached hydrogens (tertiary/aromatic N) is 2. The van der Waals surface area contributed by atoms with Gasteiger partial charge in [0.15, 0.2) is 0 Å². The van der Waals surface area contributed by atoms with Gasteiger partial charge in [-0.3, -0.25) is 0 Å². The van der Waals surface area contributed by atoms with Crippen molar-refractivity contribution in [2.75, 3.05) is 18.0 Å². The molecule has 1 aliphatic rings. The average Bonchev–Trinajstić information content (AvgIpc) is 2.37. The summed E-state index contributed by atoms with van der Waals surface area (Å²) in [7, 11) is 0. The Morgan fingerprint density at radius 3 is 2.50 bits per heavy atom. The Morgan fingerprint density at radius 2 is 1.80 bits per heavy atom. The third-order valence-corrected chi connectivity index (χ3v) is 3.86. The quantitative estimate of drug-likeness (QED) is 0.793. The minimum absolute atomic E-state index is 0.258. The van der Waals surface area contributed by atoms with E-state index in [2.05, 4.69) is 56.9 Å². The highest BCUT2D eigenvalue weighted by atomic mass is 16.5. The summed E-state index contributed by atoms with van der Waals surface area (Å²) in [5.41, 5.74) is 3.57. The molecule has 2 atom stereocenters. The fourth-order valence-electron chi connectivity index (χ4n) is 3.04. The third kappa shape index (κ3) is 2.50. The Morgan fingerprint density at radius 1 is 1.10 bits per heavy atom. The smallest absolute Gasteiger partial charge is 0.132 e. The van der Waals surface area contributed by atoms with Crippen LogP contribution in [0, 0.1) is 13.8 Å². The Hall–Kier alpha value is -1.61. The van der Waals surface area contributed by atoms with Gasteiger partial charge in [-0.1, -0.05) is 12.1 Å². The number of aromatic nitrogens is 1. The second kappa shape index (κ2) is 5.06. The molecule has 3 rings (SSSR count). The average molecular weight is 270 g/mol. The zero-order chi connectivity index (χ0) is 14.3. The number of morpholine rings is 1. The maximum absolute atomic E-state index is 5.81. The number of hydrogen-bond donors (Lipinski definition) is 0. The molecule has 1 aromatic carbocycles. The van der Waals surface area contributed by atoms with Crippen LogP contribution in [0.3, 0.4) is 0 Å². The number of hydrogen-bond acceptors (Lipinski definition) is 3. The first-order valence-corrected chi connectivity index (χ1v) is 7.31. The van der Waals surface area contributed by atoms with Crippen LogP contribution in [0.25, 0.3) is 10.9 Å². The summed E-state index contributed by atoms with van der Waals surface area (Å²) in [6.45, 7) is 10.3. The van der Waals surface area contributed by atoms with Crippen molar-refractivity contribution >= 4 is 16.7 Å². The molecule has 0 amide bonds. The van der Waals surface area contributed by atoms with E-state index >= 15 is 0 Å². The number of aryl methyl sites for hydroxylation is 2. The van der Waals surface area contributed by atoms with E-state index in [1.165, 1.54) is 16.5 Å². The van der Waals surface area contributed by atoms with Gasteiger partial charge in [-0.05, 0) is 51.0 Å². The van der Waals surface area contributed by atoms with Gasteiger partial charge in [0.05, 0.1) is 17.7 Å². The summed E-state index contributed by atoms with van der Waals surface area (Å²) in [4.78, 5) is 7.26. The van der Waals surface area contributed by atoms with E-state index in [4.69, 9.17) is 9.72 Å². The van der Waals surface area contributed by atoms with E-state index < -0.39 is 0 Å². The molecule has 0 bridgehead atoms. The maximum Gasteiger partial charge on any atom is 0.132 e. The predicted octanol–water partition coefficient (Wildman–Crippen LogP) is 3.47. The fourth-order valence-corrected chi connectivity index (χ4v) is 3.04. The first kappa shape index (κ1) is 13.4. The zero-order valence-electron chi connectivity index (χ0n) is 12.7. The summed E-state index contributed by atoms with van der Waals surface area (Å²) in [5, 5.41) is 1.21. The van der Waals surface area contributed by atoms with Gasteiger partial charge in [0, 0.05) is 18.5 Å². The van der Waals surface area contributed by atoms with Gasteiger partial charge in [-0.2, -0.15) is 0 Å². The highest BCUT2D eigenvalue weighted by Crippen LogP contribution is 2.26. The first-order valence-electron chi connectivity index (χ1n) is 7.31. The summed E-state index contributed by atoms with van der Waals surface area (Å²) >= 11 is 0. The highest BCUT2D eigenvalue weighted by molar-refractivity contribution is 5.82. The Kier molecular flexibility index (Phi) is 3.38. The number of fused-ring (bicyclic) bond motifs is 1. The van der Waals surface area contributed by atoms with Gasteiger partial charge in [0.2, 0.25) is 0 Å². The molecule has 3 nitrogen and oxygen atoms in total. The van der Waals surface area contributed by atoms with Crippen molar-refractivity contribution in [1.29, 1.82) is 0 Å². The minimum atomic E-state index is 0.258. The molecule has 20 heavy (non-hydrogen) atoms. The Labute approximate surface area is 120 Å². The van der Waals surface area contributed by atoms with Gasteiger partial charge in [-0.15, -0.1) is 0 Å². The summed E-state index contributed by atoms with van der Waals surface area (Å²) in [6, 6.07) is 8.69. The lowest BCUT2D eigenvalue weighted by atomic mass is 10.1. The van der Waals surface area contributed by atoms with Crippen LogP contribution in [0.15, 0.2) is 24.3 Å². The van der Waals surface area contributed by atoms with Gasteiger partial charge < -0.3 is 9.64 Å². The number of anilines is 1. The second-order valence-electron chi connectivity index (χ2n) is 5.99. The Bertz CT molecular complexity index is 628. The number of rotatable bonds is 1. The van der Waals surface area contributed by atoms with Crippen molar-refractivity contribution in [3.63, 3.8) is 0 Å². The van der Waals surface area contributed by atoms with Crippen molar-refractivity contribution < 1.29 is 4.74 Å². The molecule has 0 unspecified atom stereocenters. The molecule has 1 fully saturated rings. The molecule has 3 heteroatoms. The van der Waals surface area contributed by atoms with Crippen LogP contribution in [0.2, 0.25) is 0 Å². The van der Waals surface area contributed by atoms with Crippen LogP contribution in [-0.2, 0) is 4.74 Å². The number of pyridine rings is 1. The number of ether oxygens (including phenoxy) is 1. The summed E-state index contributed by atoms with van der Waals surface area (Å²) in [5.74, 6) is 1.10. The summed E-state index contributed by atoms with van der Waals surface area (Å²) < 4.78 is 5.81. The van der Waals surface area contributed by atoms with Crippen molar-refractivity contribution in [3.05, 3.63) is 35.4 Å². The monoisotopic (exact) mass is 270 g/mol. The van der Waals surface area contributed by atoms with E-state index in [-0.39, 0.29) is 12.2 Å². The van der Waals surface area contributed by atoms with Crippen LogP contribution in [0.5, 0.6) is 0 Å². The molecule has 1 aliphatic heterocycles. The van der Waals surface area contributed by atoms with Crippen molar-refractivity contribution in [2.24, 2.45) is 0 Å². The molecule has 0 spiro atoms. The minimum Gasteiger partial charge on any atom is -0.372 e. The van der Waals surface area contributed by atoms with Gasteiger partial charge >= 0.3 is 0 Å². The van der Waals surface area contributed by atoms with Gasteiger partial charge in [0.1, 0.15) is 5.82 Å². The van der Waals surface area contributed by atoms with Crippen LogP contribution >= 0.6 is 0 Å². The second-order valence-corrected chi connectivity index (χ2v) is 5.99. The highest BCUT2D eigenvalue weighted by Gasteiger charge is 2.24. The molecule has 0 aliphatic carbocycles. The lowest BCUT2D eigenvalue weighted by molar-refractivity contribution is -0.00547. The molecule has 0 radical (unpaired) electrons. The van der Waals surface area contributed by atoms with Crippen LogP contribution in [0.1, 0.15) is 25.0 Å². The van der Waals surface area contributed by atoms with Gasteiger partial charge in [-0.25, -0.2) is 4.98 Å². The SMILES string of the molecule is Cc1ccc2cc(C)c(N3C[C@@H](C)O[C@H](C)C3)nc2c1. The predicted molar refractivity (Wildman–Crippen MR) is 83.4 cm³/mol. The molecule has 1 aromatic heterocycles. The van der Waals surface area contributed by atoms with Crippen LogP contribution < -0.4 is 4.90 Å². The summed E-state index contributed by atoms with van der Waals surface area (Å²) in [6.07, 6.45) is 0.515. The Balaban J connectivity index is 2.04. The zero-order valence-corrected chi connectivity index (χ0v) is 12.7. The lowest BCUT2D eigenvalue weighted by Gasteiger charge is -2.36. The molecule has 2 heterocycles. The largest absolute Gasteiger partial charge is 0.372 e. The number of benzene rings is 1. The van der Waals surface area contributed by atoms with E-state index in [9.17, 15) is 0 Å². The third-order valence-electron chi connectivity index (χ3n) is 3.86. The normalized spacial score (nSPS) is 23.3. The molecular weight excluding hydrogens is 248 g/mol. The molecule has 2 aromatic rings.